The van der Waals surface area contributed by atoms with Gasteiger partial charge in [0.25, 0.3) is 0 Å². The summed E-state index contributed by atoms with van der Waals surface area (Å²) < 4.78 is 23.9. The van der Waals surface area contributed by atoms with Crippen LogP contribution in [0.25, 0.3) is 0 Å². The van der Waals surface area contributed by atoms with Gasteiger partial charge in [-0.3, -0.25) is 9.59 Å². The molecule has 2 fully saturated rings. The van der Waals surface area contributed by atoms with Crippen LogP contribution < -0.4 is 5.32 Å². The summed E-state index contributed by atoms with van der Waals surface area (Å²) in [6.45, 7) is 8.33. The molecule has 7 heteroatoms. The molecule has 0 spiro atoms. The van der Waals surface area contributed by atoms with E-state index in [0.29, 0.717) is 0 Å². The number of carbonyl (C=O) groups is 2. The second-order valence-electron chi connectivity index (χ2n) is 7.53. The van der Waals surface area contributed by atoms with Crippen LogP contribution in [0.4, 0.5) is 0 Å². The first-order chi connectivity index (χ1) is 12.7. The van der Waals surface area contributed by atoms with Crippen LogP contribution in [-0.2, 0) is 28.5 Å². The van der Waals surface area contributed by atoms with Crippen LogP contribution in [-0.4, -0.2) is 48.2 Å². The number of fused-ring (bicyclic) bond motifs is 1. The summed E-state index contributed by atoms with van der Waals surface area (Å²) in [6.07, 6.45) is -2.49. The van der Waals surface area contributed by atoms with Crippen LogP contribution in [0.15, 0.2) is 30.3 Å². The van der Waals surface area contributed by atoms with Gasteiger partial charge in [0.1, 0.15) is 18.3 Å². The molecule has 148 valence electrons. The van der Waals surface area contributed by atoms with E-state index in [1.165, 1.54) is 13.8 Å². The highest BCUT2D eigenvalue weighted by Crippen LogP contribution is 2.41. The van der Waals surface area contributed by atoms with Gasteiger partial charge in [-0.1, -0.05) is 30.3 Å². The number of nitrogens with one attached hydrogen (secondary N) is 1. The average molecular weight is 377 g/mol. The van der Waals surface area contributed by atoms with Gasteiger partial charge in [-0.15, -0.1) is 0 Å². The van der Waals surface area contributed by atoms with Crippen molar-refractivity contribution in [3.8, 4) is 0 Å². The third-order valence-electron chi connectivity index (χ3n) is 4.79. The van der Waals surface area contributed by atoms with Gasteiger partial charge in [0.05, 0.1) is 12.1 Å². The number of esters is 1. The highest BCUT2D eigenvalue weighted by molar-refractivity contribution is 5.73. The zero-order valence-electron chi connectivity index (χ0n) is 16.3. The Hall–Kier alpha value is -1.96. The van der Waals surface area contributed by atoms with E-state index in [4.69, 9.17) is 18.9 Å². The number of hydrogen-bond acceptors (Lipinski definition) is 6. The number of ether oxygens (including phenoxy) is 4. The summed E-state index contributed by atoms with van der Waals surface area (Å²) in [5.74, 6) is -1.45. The monoisotopic (exact) mass is 377 g/mol. The Morgan fingerprint density at radius 3 is 2.33 bits per heavy atom. The van der Waals surface area contributed by atoms with Crippen molar-refractivity contribution in [2.75, 3.05) is 0 Å². The maximum Gasteiger partial charge on any atom is 0.303 e. The second-order valence-corrected chi connectivity index (χ2v) is 7.53. The molecule has 1 amide bonds. The van der Waals surface area contributed by atoms with Crippen LogP contribution >= 0.6 is 0 Å². The van der Waals surface area contributed by atoms with Crippen LogP contribution in [0.5, 0.6) is 0 Å². The molecule has 0 unspecified atom stereocenters. The average Bonchev–Trinajstić information content (AvgIpc) is 2.92. The SMILES string of the molecule is CC(=O)N[C@H](c1ccccc1)[C@@H]1O[C@@H](C)[C@H]2OC(C)(C)O[C@H]2[C@@H]1OC(C)=O. The lowest BCUT2D eigenvalue weighted by atomic mass is 9.88. The van der Waals surface area contributed by atoms with E-state index in [0.717, 1.165) is 5.56 Å². The Balaban J connectivity index is 1.99. The number of rotatable bonds is 4. The quantitative estimate of drug-likeness (QED) is 0.809. The topological polar surface area (TPSA) is 83.1 Å². The summed E-state index contributed by atoms with van der Waals surface area (Å²) in [7, 11) is 0. The van der Waals surface area contributed by atoms with Crippen molar-refractivity contribution < 1.29 is 28.5 Å². The molecule has 6 atom stereocenters. The van der Waals surface area contributed by atoms with Crippen LogP contribution in [0.1, 0.15) is 46.2 Å². The maximum absolute atomic E-state index is 11.9. The highest BCUT2D eigenvalue weighted by Gasteiger charge is 2.57. The van der Waals surface area contributed by atoms with Gasteiger partial charge >= 0.3 is 5.97 Å². The Bertz CT molecular complexity index is 691. The van der Waals surface area contributed by atoms with Gasteiger partial charge in [0.2, 0.25) is 5.91 Å². The van der Waals surface area contributed by atoms with E-state index in [1.807, 2.05) is 51.1 Å². The van der Waals surface area contributed by atoms with Gasteiger partial charge in [0.15, 0.2) is 11.9 Å². The lowest BCUT2D eigenvalue weighted by molar-refractivity contribution is -0.209. The zero-order valence-corrected chi connectivity index (χ0v) is 16.3. The number of carbonyl (C=O) groups excluding carboxylic acids is 2. The van der Waals surface area contributed by atoms with Crippen molar-refractivity contribution in [2.24, 2.45) is 0 Å². The fraction of sp³-hybridized carbons (Fsp3) is 0.600. The van der Waals surface area contributed by atoms with Crippen molar-refractivity contribution in [3.63, 3.8) is 0 Å². The van der Waals surface area contributed by atoms with Gasteiger partial charge < -0.3 is 24.3 Å². The summed E-state index contributed by atoms with van der Waals surface area (Å²) in [5, 5.41) is 2.94. The van der Waals surface area contributed by atoms with Crippen molar-refractivity contribution in [2.45, 2.75) is 77.0 Å². The molecule has 2 heterocycles. The molecule has 2 aliphatic heterocycles. The number of hydrogen-bond donors (Lipinski definition) is 1. The molecule has 1 N–H and O–H groups in total. The predicted octanol–water partition coefficient (Wildman–Crippen LogP) is 2.10. The molecule has 0 radical (unpaired) electrons. The fourth-order valence-electron chi connectivity index (χ4n) is 3.85. The van der Waals surface area contributed by atoms with Crippen LogP contribution in [0, 0.1) is 0 Å². The molecule has 27 heavy (non-hydrogen) atoms. The first-order valence-corrected chi connectivity index (χ1v) is 9.18. The Labute approximate surface area is 159 Å². The van der Waals surface area contributed by atoms with E-state index < -0.39 is 36.1 Å². The lowest BCUT2D eigenvalue weighted by Gasteiger charge is -2.43. The molecule has 0 aromatic heterocycles. The van der Waals surface area contributed by atoms with E-state index in [9.17, 15) is 9.59 Å². The standard InChI is InChI=1S/C20H27NO6/c1-11-16-19(27-20(4,5)26-16)18(25-13(3)23)17(24-11)15(21-12(2)22)14-9-7-6-8-10-14/h6-11,15-19H,1-5H3,(H,21,22)/t11-,15+,16+,17-,18+,19+/m0/s1. The molecule has 0 aliphatic carbocycles. The Kier molecular flexibility index (Phi) is 5.55. The third kappa shape index (κ3) is 4.31. The number of benzene rings is 1. The molecule has 3 rings (SSSR count). The highest BCUT2D eigenvalue weighted by atomic mass is 16.8. The molecule has 7 nitrogen and oxygen atoms in total. The zero-order chi connectivity index (χ0) is 19.8. The molecule has 0 bridgehead atoms. The van der Waals surface area contributed by atoms with Crippen molar-refractivity contribution in [1.82, 2.24) is 5.32 Å². The van der Waals surface area contributed by atoms with Crippen LogP contribution in [0.2, 0.25) is 0 Å². The van der Waals surface area contributed by atoms with Gasteiger partial charge in [-0.25, -0.2) is 0 Å². The minimum absolute atomic E-state index is 0.201. The molecular weight excluding hydrogens is 350 g/mol. The van der Waals surface area contributed by atoms with Crippen molar-refractivity contribution in [3.05, 3.63) is 35.9 Å². The summed E-state index contributed by atoms with van der Waals surface area (Å²) in [4.78, 5) is 23.7. The van der Waals surface area contributed by atoms with Gasteiger partial charge in [0, 0.05) is 13.8 Å². The minimum Gasteiger partial charge on any atom is -0.457 e. The molecule has 2 saturated heterocycles. The summed E-state index contributed by atoms with van der Waals surface area (Å²) in [5.41, 5.74) is 0.860. The van der Waals surface area contributed by atoms with Gasteiger partial charge in [-0.05, 0) is 26.3 Å². The Morgan fingerprint density at radius 2 is 1.74 bits per heavy atom. The third-order valence-corrected chi connectivity index (χ3v) is 4.79. The van der Waals surface area contributed by atoms with E-state index in [2.05, 4.69) is 5.32 Å². The fourth-order valence-corrected chi connectivity index (χ4v) is 3.85. The first-order valence-electron chi connectivity index (χ1n) is 9.18. The van der Waals surface area contributed by atoms with Gasteiger partial charge in [-0.2, -0.15) is 0 Å². The smallest absolute Gasteiger partial charge is 0.303 e. The summed E-state index contributed by atoms with van der Waals surface area (Å²) in [6, 6.07) is 8.98. The van der Waals surface area contributed by atoms with Crippen LogP contribution in [0.3, 0.4) is 0 Å². The lowest BCUT2D eigenvalue weighted by Crippen LogP contribution is -2.60. The summed E-state index contributed by atoms with van der Waals surface area (Å²) >= 11 is 0. The minimum atomic E-state index is -0.809. The molecule has 1 aromatic carbocycles. The maximum atomic E-state index is 11.9. The molecule has 0 saturated carbocycles. The Morgan fingerprint density at radius 1 is 1.11 bits per heavy atom. The predicted molar refractivity (Wildman–Crippen MR) is 96.7 cm³/mol. The van der Waals surface area contributed by atoms with E-state index in [1.54, 1.807) is 0 Å². The number of amides is 1. The van der Waals surface area contributed by atoms with Crippen molar-refractivity contribution in [1.29, 1.82) is 0 Å². The molecule has 2 aliphatic rings. The normalized spacial score (nSPS) is 33.0. The van der Waals surface area contributed by atoms with Crippen molar-refractivity contribution >= 4 is 11.9 Å². The van der Waals surface area contributed by atoms with E-state index >= 15 is 0 Å². The second kappa shape index (κ2) is 7.58. The largest absolute Gasteiger partial charge is 0.457 e. The molecule has 1 aromatic rings. The van der Waals surface area contributed by atoms with E-state index in [-0.39, 0.29) is 18.1 Å². The first kappa shape index (κ1) is 19.8. The molecular formula is C20H27NO6.